The van der Waals surface area contributed by atoms with Gasteiger partial charge in [-0.15, -0.1) is 0 Å². The van der Waals surface area contributed by atoms with Gasteiger partial charge in [0, 0.05) is 18.7 Å². The van der Waals surface area contributed by atoms with Crippen LogP contribution in [0.25, 0.3) is 0 Å². The van der Waals surface area contributed by atoms with E-state index in [0.717, 1.165) is 16.9 Å². The molecule has 0 aliphatic rings. The van der Waals surface area contributed by atoms with Crippen LogP contribution in [0.5, 0.6) is 17.4 Å². The molecule has 0 saturated heterocycles. The predicted molar refractivity (Wildman–Crippen MR) is 102 cm³/mol. The van der Waals surface area contributed by atoms with Crippen LogP contribution >= 0.6 is 0 Å². The number of carbonyl (C=O) groups is 1. The maximum absolute atomic E-state index is 11.2. The summed E-state index contributed by atoms with van der Waals surface area (Å²) >= 11 is 0. The molecule has 5 nitrogen and oxygen atoms in total. The first kappa shape index (κ1) is 18.5. The molecule has 138 valence electrons. The average Bonchev–Trinajstić information content (AvgIpc) is 2.72. The lowest BCUT2D eigenvalue weighted by Crippen LogP contribution is -2.02. The van der Waals surface area contributed by atoms with Gasteiger partial charge >= 0.3 is 5.97 Å². The fraction of sp³-hybridized carbons (Fsp3) is 0.182. The van der Waals surface area contributed by atoms with Crippen molar-refractivity contribution in [3.63, 3.8) is 0 Å². The first-order valence-electron chi connectivity index (χ1n) is 8.69. The summed E-state index contributed by atoms with van der Waals surface area (Å²) in [6.07, 6.45) is 2.72. The highest BCUT2D eigenvalue weighted by molar-refractivity contribution is 5.69. The van der Waals surface area contributed by atoms with Gasteiger partial charge in [-0.3, -0.25) is 4.79 Å². The minimum atomic E-state index is -0.205. The molecule has 0 fully saturated rings. The number of methoxy groups -OCH3 is 1. The molecule has 0 bridgehead atoms. The second-order valence-electron chi connectivity index (χ2n) is 5.93. The number of hydrogen-bond acceptors (Lipinski definition) is 5. The van der Waals surface area contributed by atoms with Crippen LogP contribution in [-0.2, 0) is 22.6 Å². The van der Waals surface area contributed by atoms with Crippen molar-refractivity contribution < 1.29 is 19.0 Å². The maximum atomic E-state index is 11.2. The van der Waals surface area contributed by atoms with E-state index in [0.29, 0.717) is 31.1 Å². The summed E-state index contributed by atoms with van der Waals surface area (Å²) in [5, 5.41) is 0. The van der Waals surface area contributed by atoms with Gasteiger partial charge in [-0.25, -0.2) is 4.98 Å². The van der Waals surface area contributed by atoms with Gasteiger partial charge in [0.05, 0.1) is 7.11 Å². The third-order valence-corrected chi connectivity index (χ3v) is 3.93. The van der Waals surface area contributed by atoms with E-state index in [4.69, 9.17) is 9.47 Å². The average molecular weight is 363 g/mol. The molecule has 0 atom stereocenters. The van der Waals surface area contributed by atoms with Gasteiger partial charge in [0.25, 0.3) is 0 Å². The SMILES string of the molecule is COC(=O)CCc1ccc(OCc2cccc(Oc3ccccn3)c2)cc1. The first-order chi connectivity index (χ1) is 13.2. The van der Waals surface area contributed by atoms with Crippen molar-refractivity contribution in [1.29, 1.82) is 0 Å². The van der Waals surface area contributed by atoms with E-state index in [-0.39, 0.29) is 5.97 Å². The molecular weight excluding hydrogens is 342 g/mol. The molecule has 0 aliphatic heterocycles. The number of aryl methyl sites for hydroxylation is 1. The number of hydrogen-bond donors (Lipinski definition) is 0. The van der Waals surface area contributed by atoms with Crippen molar-refractivity contribution in [2.75, 3.05) is 7.11 Å². The number of aromatic nitrogens is 1. The van der Waals surface area contributed by atoms with Gasteiger partial charge < -0.3 is 14.2 Å². The number of benzene rings is 2. The van der Waals surface area contributed by atoms with Crippen LogP contribution in [0.2, 0.25) is 0 Å². The lowest BCUT2D eigenvalue weighted by Gasteiger charge is -2.09. The Labute approximate surface area is 158 Å². The summed E-state index contributed by atoms with van der Waals surface area (Å²) in [5.41, 5.74) is 2.07. The highest BCUT2D eigenvalue weighted by Crippen LogP contribution is 2.21. The Hall–Kier alpha value is -3.34. The zero-order valence-electron chi connectivity index (χ0n) is 15.1. The van der Waals surface area contributed by atoms with Crippen molar-refractivity contribution in [2.24, 2.45) is 0 Å². The van der Waals surface area contributed by atoms with Gasteiger partial charge in [-0.05, 0) is 47.9 Å². The van der Waals surface area contributed by atoms with Gasteiger partial charge in [0.2, 0.25) is 5.88 Å². The van der Waals surface area contributed by atoms with Gasteiger partial charge in [0.1, 0.15) is 18.1 Å². The Bertz CT molecular complexity index is 863. The molecule has 3 rings (SSSR count). The fourth-order valence-corrected chi connectivity index (χ4v) is 2.49. The molecule has 3 aromatic rings. The minimum absolute atomic E-state index is 0.205. The second kappa shape index (κ2) is 9.38. The van der Waals surface area contributed by atoms with Crippen molar-refractivity contribution in [3.8, 4) is 17.4 Å². The van der Waals surface area contributed by atoms with E-state index in [1.54, 1.807) is 6.20 Å². The second-order valence-corrected chi connectivity index (χ2v) is 5.93. The molecule has 0 unspecified atom stereocenters. The maximum Gasteiger partial charge on any atom is 0.305 e. The molecule has 0 radical (unpaired) electrons. The van der Waals surface area contributed by atoms with Crippen LogP contribution in [0.1, 0.15) is 17.5 Å². The van der Waals surface area contributed by atoms with Gasteiger partial charge in [-0.1, -0.05) is 30.3 Å². The van der Waals surface area contributed by atoms with Crippen molar-refractivity contribution in [1.82, 2.24) is 4.98 Å². The molecule has 2 aromatic carbocycles. The highest BCUT2D eigenvalue weighted by Gasteiger charge is 2.03. The molecule has 1 aromatic heterocycles. The van der Waals surface area contributed by atoms with Crippen LogP contribution in [0.4, 0.5) is 0 Å². The topological polar surface area (TPSA) is 57.7 Å². The predicted octanol–water partition coefficient (Wildman–Crippen LogP) is 4.56. The summed E-state index contributed by atoms with van der Waals surface area (Å²) in [6, 6.07) is 21.0. The Morgan fingerprint density at radius 1 is 0.926 bits per heavy atom. The van der Waals surface area contributed by atoms with E-state index in [1.165, 1.54) is 7.11 Å². The Balaban J connectivity index is 1.54. The number of rotatable bonds is 8. The largest absolute Gasteiger partial charge is 0.489 e. The van der Waals surface area contributed by atoms with Crippen LogP contribution in [0.3, 0.4) is 0 Å². The summed E-state index contributed by atoms with van der Waals surface area (Å²) < 4.78 is 16.2. The molecule has 5 heteroatoms. The number of esters is 1. The summed E-state index contributed by atoms with van der Waals surface area (Å²) in [7, 11) is 1.40. The summed E-state index contributed by atoms with van der Waals surface area (Å²) in [4.78, 5) is 15.3. The third kappa shape index (κ3) is 5.85. The van der Waals surface area contributed by atoms with Gasteiger partial charge in [-0.2, -0.15) is 0 Å². The Kier molecular flexibility index (Phi) is 6.41. The molecule has 0 aliphatic carbocycles. The number of nitrogens with zero attached hydrogens (tertiary/aromatic N) is 1. The smallest absolute Gasteiger partial charge is 0.305 e. The Morgan fingerprint density at radius 3 is 2.52 bits per heavy atom. The van der Waals surface area contributed by atoms with Crippen molar-refractivity contribution >= 4 is 5.97 Å². The lowest BCUT2D eigenvalue weighted by molar-refractivity contribution is -0.140. The van der Waals surface area contributed by atoms with Crippen LogP contribution in [-0.4, -0.2) is 18.1 Å². The zero-order chi connectivity index (χ0) is 18.9. The quantitative estimate of drug-likeness (QED) is 0.549. The van der Waals surface area contributed by atoms with Crippen LogP contribution < -0.4 is 9.47 Å². The molecule has 27 heavy (non-hydrogen) atoms. The van der Waals surface area contributed by atoms with E-state index in [1.807, 2.05) is 66.7 Å². The zero-order valence-corrected chi connectivity index (χ0v) is 15.1. The van der Waals surface area contributed by atoms with E-state index >= 15 is 0 Å². The number of carbonyl (C=O) groups excluding carboxylic acids is 1. The standard InChI is InChI=1S/C22H21NO4/c1-25-22(24)13-10-17-8-11-19(12-9-17)26-16-18-5-4-6-20(15-18)27-21-7-2-3-14-23-21/h2-9,11-12,14-15H,10,13,16H2,1H3. The highest BCUT2D eigenvalue weighted by atomic mass is 16.5. The molecule has 0 amide bonds. The lowest BCUT2D eigenvalue weighted by atomic mass is 10.1. The van der Waals surface area contributed by atoms with E-state index in [2.05, 4.69) is 9.72 Å². The molecule has 0 saturated carbocycles. The van der Waals surface area contributed by atoms with Crippen LogP contribution in [0, 0.1) is 0 Å². The first-order valence-corrected chi connectivity index (χ1v) is 8.69. The molecular formula is C22H21NO4. The number of ether oxygens (including phenoxy) is 3. The van der Waals surface area contributed by atoms with E-state index in [9.17, 15) is 4.79 Å². The normalized spacial score (nSPS) is 10.3. The number of pyridine rings is 1. The van der Waals surface area contributed by atoms with E-state index < -0.39 is 0 Å². The molecule has 1 heterocycles. The van der Waals surface area contributed by atoms with Crippen LogP contribution in [0.15, 0.2) is 72.9 Å². The monoisotopic (exact) mass is 363 g/mol. The van der Waals surface area contributed by atoms with Gasteiger partial charge in [0.15, 0.2) is 0 Å². The Morgan fingerprint density at radius 2 is 1.78 bits per heavy atom. The van der Waals surface area contributed by atoms with Crippen molar-refractivity contribution in [3.05, 3.63) is 84.1 Å². The molecule has 0 N–H and O–H groups in total. The molecule has 0 spiro atoms. The summed E-state index contributed by atoms with van der Waals surface area (Å²) in [6.45, 7) is 0.431. The third-order valence-electron chi connectivity index (χ3n) is 3.93. The minimum Gasteiger partial charge on any atom is -0.489 e. The van der Waals surface area contributed by atoms with Crippen molar-refractivity contribution in [2.45, 2.75) is 19.4 Å². The fourth-order valence-electron chi connectivity index (χ4n) is 2.49. The summed E-state index contributed by atoms with van der Waals surface area (Å²) in [5.74, 6) is 1.84.